The molecule has 5 heterocycles. The lowest BCUT2D eigenvalue weighted by molar-refractivity contribution is -0.133. The molecule has 0 spiro atoms. The van der Waals surface area contributed by atoms with Gasteiger partial charge in [0.2, 0.25) is 5.75 Å². The molecule has 0 atom stereocenters. The second-order valence-electron chi connectivity index (χ2n) is 8.85. The topological polar surface area (TPSA) is 114 Å². The van der Waals surface area contributed by atoms with E-state index in [1.807, 2.05) is 19.3 Å². The maximum absolute atomic E-state index is 12.8. The number of methoxy groups -OCH3 is 2. The van der Waals surface area contributed by atoms with Crippen LogP contribution in [0.4, 0.5) is 11.5 Å². The molecule has 6 rings (SSSR count). The summed E-state index contributed by atoms with van der Waals surface area (Å²) in [6, 6.07) is 3.59. The predicted molar refractivity (Wildman–Crippen MR) is 129 cm³/mol. The van der Waals surface area contributed by atoms with Gasteiger partial charge >= 0.3 is 0 Å². The lowest BCUT2D eigenvalue weighted by Crippen LogP contribution is -2.51. The number of benzene rings is 1. The van der Waals surface area contributed by atoms with E-state index in [0.717, 1.165) is 36.2 Å². The third-order valence-corrected chi connectivity index (χ3v) is 6.32. The highest BCUT2D eigenvalue weighted by Crippen LogP contribution is 2.42. The second kappa shape index (κ2) is 9.96. The highest BCUT2D eigenvalue weighted by Gasteiger charge is 2.30. The quantitative estimate of drug-likeness (QED) is 0.527. The summed E-state index contributed by atoms with van der Waals surface area (Å²) in [4.78, 5) is 29.1. The molecular weight excluding hydrogens is 452 g/mol. The molecule has 4 bridgehead atoms. The molecule has 35 heavy (non-hydrogen) atoms. The smallest absolute Gasteiger partial charge is 0.260 e. The fourth-order valence-corrected chi connectivity index (χ4v) is 4.56. The zero-order valence-corrected chi connectivity index (χ0v) is 20.2. The van der Waals surface area contributed by atoms with Gasteiger partial charge in [0.25, 0.3) is 5.91 Å². The molecular formula is C24H30N6O5. The van der Waals surface area contributed by atoms with Gasteiger partial charge in [-0.05, 0) is 5.56 Å². The third kappa shape index (κ3) is 4.82. The SMILES string of the molecule is COCCOc1c(OC)cc2cc1OCC(=O)N(C)CC1CN(Cc3c[nH]c4ncnc(c34)N2)C1. The number of hydrogen-bond acceptors (Lipinski definition) is 9. The maximum Gasteiger partial charge on any atom is 0.260 e. The van der Waals surface area contributed by atoms with Crippen LogP contribution < -0.4 is 19.5 Å². The Labute approximate surface area is 203 Å². The van der Waals surface area contributed by atoms with Gasteiger partial charge in [0, 0.05) is 70.3 Å². The molecule has 1 aromatic carbocycles. The van der Waals surface area contributed by atoms with Gasteiger partial charge in [-0.3, -0.25) is 9.69 Å². The fourth-order valence-electron chi connectivity index (χ4n) is 4.56. The van der Waals surface area contributed by atoms with E-state index >= 15 is 0 Å². The van der Waals surface area contributed by atoms with Crippen LogP contribution in [-0.4, -0.2) is 91.4 Å². The summed E-state index contributed by atoms with van der Waals surface area (Å²) in [5.41, 5.74) is 2.56. The molecule has 3 aliphatic rings. The zero-order valence-electron chi connectivity index (χ0n) is 20.2. The normalized spacial score (nSPS) is 20.1. The van der Waals surface area contributed by atoms with Crippen LogP contribution >= 0.6 is 0 Å². The Morgan fingerprint density at radius 2 is 2.03 bits per heavy atom. The first-order valence-corrected chi connectivity index (χ1v) is 11.6. The van der Waals surface area contributed by atoms with E-state index in [9.17, 15) is 4.79 Å². The number of H-pyrrole nitrogens is 1. The fraction of sp³-hybridized carbons (Fsp3) is 0.458. The minimum absolute atomic E-state index is 0.0962. The minimum Gasteiger partial charge on any atom is -0.493 e. The van der Waals surface area contributed by atoms with E-state index < -0.39 is 0 Å². The van der Waals surface area contributed by atoms with Gasteiger partial charge in [0.05, 0.1) is 19.1 Å². The van der Waals surface area contributed by atoms with Crippen molar-refractivity contribution in [2.24, 2.45) is 5.92 Å². The van der Waals surface area contributed by atoms with Gasteiger partial charge in [-0.2, -0.15) is 0 Å². The minimum atomic E-state index is -0.111. The third-order valence-electron chi connectivity index (χ3n) is 6.32. The number of amides is 1. The van der Waals surface area contributed by atoms with E-state index in [4.69, 9.17) is 18.9 Å². The molecule has 1 saturated heterocycles. The maximum atomic E-state index is 12.8. The summed E-state index contributed by atoms with van der Waals surface area (Å²) in [5, 5.41) is 4.33. The number of aromatic amines is 1. The van der Waals surface area contributed by atoms with Crippen molar-refractivity contribution < 1.29 is 23.7 Å². The zero-order chi connectivity index (χ0) is 24.4. The Kier molecular flexibility index (Phi) is 6.60. The Morgan fingerprint density at radius 1 is 1.17 bits per heavy atom. The number of aromatic nitrogens is 3. The van der Waals surface area contributed by atoms with Crippen molar-refractivity contribution in [2.45, 2.75) is 6.54 Å². The number of hydrogen-bond donors (Lipinski definition) is 2. The average Bonchev–Trinajstić information content (AvgIpc) is 3.25. The highest BCUT2D eigenvalue weighted by atomic mass is 16.6. The van der Waals surface area contributed by atoms with Crippen LogP contribution in [0.1, 0.15) is 5.56 Å². The van der Waals surface area contributed by atoms with Crippen molar-refractivity contribution in [3.8, 4) is 17.2 Å². The van der Waals surface area contributed by atoms with Gasteiger partial charge in [-0.1, -0.05) is 0 Å². The van der Waals surface area contributed by atoms with Crippen LogP contribution in [0, 0.1) is 5.92 Å². The van der Waals surface area contributed by atoms with Gasteiger partial charge in [-0.15, -0.1) is 0 Å². The molecule has 1 amide bonds. The molecule has 0 aliphatic carbocycles. The Bertz CT molecular complexity index is 1210. The summed E-state index contributed by atoms with van der Waals surface area (Å²) >= 11 is 0. The monoisotopic (exact) mass is 482 g/mol. The number of ether oxygens (including phenoxy) is 4. The molecule has 11 nitrogen and oxygen atoms in total. The van der Waals surface area contributed by atoms with Gasteiger partial charge < -0.3 is 34.1 Å². The average molecular weight is 483 g/mol. The molecule has 2 aromatic heterocycles. The lowest BCUT2D eigenvalue weighted by atomic mass is 9.98. The highest BCUT2D eigenvalue weighted by molar-refractivity contribution is 5.92. The molecule has 0 saturated carbocycles. The first-order chi connectivity index (χ1) is 17.1. The first-order valence-electron chi connectivity index (χ1n) is 11.6. The second-order valence-corrected chi connectivity index (χ2v) is 8.85. The van der Waals surface area contributed by atoms with E-state index in [0.29, 0.717) is 54.4 Å². The van der Waals surface area contributed by atoms with Crippen molar-refractivity contribution in [3.05, 3.63) is 30.2 Å². The van der Waals surface area contributed by atoms with Crippen LogP contribution in [0.2, 0.25) is 0 Å². The largest absolute Gasteiger partial charge is 0.493 e. The number of anilines is 2. The molecule has 1 fully saturated rings. The van der Waals surface area contributed by atoms with Crippen LogP contribution in [0.25, 0.3) is 11.0 Å². The number of fused-ring (bicyclic) bond motifs is 4. The summed E-state index contributed by atoms with van der Waals surface area (Å²) in [7, 11) is 4.98. The van der Waals surface area contributed by atoms with E-state index in [1.165, 1.54) is 6.33 Å². The van der Waals surface area contributed by atoms with Crippen molar-refractivity contribution in [2.75, 3.05) is 66.0 Å². The predicted octanol–water partition coefficient (Wildman–Crippen LogP) is 2.02. The molecule has 0 unspecified atom stereocenters. The number of likely N-dealkylation sites (N-methyl/N-ethyl adjacent to an activating group) is 1. The lowest BCUT2D eigenvalue weighted by Gasteiger charge is -2.41. The van der Waals surface area contributed by atoms with Crippen LogP contribution in [-0.2, 0) is 16.1 Å². The van der Waals surface area contributed by atoms with E-state index in [1.54, 1.807) is 25.2 Å². The van der Waals surface area contributed by atoms with Crippen molar-refractivity contribution in [3.63, 3.8) is 0 Å². The number of carbonyl (C=O) groups is 1. The summed E-state index contributed by atoms with van der Waals surface area (Å²) < 4.78 is 22.6. The van der Waals surface area contributed by atoms with Crippen molar-refractivity contribution in [1.29, 1.82) is 0 Å². The van der Waals surface area contributed by atoms with Crippen LogP contribution in [0.15, 0.2) is 24.7 Å². The van der Waals surface area contributed by atoms with E-state index in [2.05, 4.69) is 25.2 Å². The van der Waals surface area contributed by atoms with Crippen LogP contribution in [0.5, 0.6) is 17.2 Å². The number of nitrogens with one attached hydrogen (secondary N) is 2. The number of carbonyl (C=O) groups excluding carboxylic acids is 1. The molecule has 3 aliphatic heterocycles. The summed E-state index contributed by atoms with van der Waals surface area (Å²) in [5.74, 6) is 2.28. The summed E-state index contributed by atoms with van der Waals surface area (Å²) in [6.07, 6.45) is 3.51. The Hall–Kier alpha value is -3.57. The first kappa shape index (κ1) is 23.2. The van der Waals surface area contributed by atoms with Gasteiger partial charge in [-0.25, -0.2) is 9.97 Å². The molecule has 2 N–H and O–H groups in total. The number of nitrogens with zero attached hydrogens (tertiary/aromatic N) is 4. The van der Waals surface area contributed by atoms with Crippen molar-refractivity contribution in [1.82, 2.24) is 24.8 Å². The standard InChI is InChI=1S/C24H30N6O5/c1-29-9-15-10-30(11-15)12-16-8-25-23-21(16)24(27-14-26-23)28-17-6-18(33-3)22(34-5-4-32-2)19(7-17)35-13-20(29)31/h6-8,14-15H,4-5,9-13H2,1-3H3,(H2,25,26,27,28). The van der Waals surface area contributed by atoms with E-state index in [-0.39, 0.29) is 12.5 Å². The molecule has 3 aromatic rings. The molecule has 0 radical (unpaired) electrons. The molecule has 11 heteroatoms. The number of rotatable bonds is 5. The Morgan fingerprint density at radius 3 is 2.83 bits per heavy atom. The van der Waals surface area contributed by atoms with Crippen LogP contribution in [0.3, 0.4) is 0 Å². The molecule has 186 valence electrons. The van der Waals surface area contributed by atoms with Gasteiger partial charge in [0.15, 0.2) is 18.1 Å². The summed E-state index contributed by atoms with van der Waals surface area (Å²) in [6.45, 7) is 3.91. The van der Waals surface area contributed by atoms with Crippen molar-refractivity contribution >= 4 is 28.4 Å². The Balaban J connectivity index is 1.55. The van der Waals surface area contributed by atoms with Gasteiger partial charge in [0.1, 0.15) is 24.4 Å².